The van der Waals surface area contributed by atoms with Gasteiger partial charge < -0.3 is 9.67 Å². The molecule has 0 amide bonds. The second-order valence-corrected chi connectivity index (χ2v) is 5.93. The molecule has 0 saturated carbocycles. The summed E-state index contributed by atoms with van der Waals surface area (Å²) in [5.74, 6) is -0.807. The van der Waals surface area contributed by atoms with Crippen LogP contribution >= 0.6 is 0 Å². The van der Waals surface area contributed by atoms with E-state index in [-0.39, 0.29) is 12.0 Å². The predicted molar refractivity (Wildman–Crippen MR) is 72.7 cm³/mol. The first-order valence-electron chi connectivity index (χ1n) is 6.15. The summed E-state index contributed by atoms with van der Waals surface area (Å²) in [5, 5.41) is 10.1. The number of carboxylic acid groups (broad SMARTS) is 1. The Hall–Kier alpha value is -1.77. The molecule has 1 aromatic carbocycles. The van der Waals surface area contributed by atoms with E-state index in [9.17, 15) is 4.79 Å². The Morgan fingerprint density at radius 2 is 1.94 bits per heavy atom. The summed E-state index contributed by atoms with van der Waals surface area (Å²) in [6.45, 7) is 6.59. The van der Waals surface area contributed by atoms with Crippen LogP contribution in [-0.4, -0.2) is 15.6 Å². The van der Waals surface area contributed by atoms with Gasteiger partial charge in [0.1, 0.15) is 6.54 Å². The van der Waals surface area contributed by atoms with Crippen molar-refractivity contribution in [1.82, 2.24) is 4.57 Å². The summed E-state index contributed by atoms with van der Waals surface area (Å²) < 4.78 is 1.82. The number of aromatic nitrogens is 1. The smallest absolute Gasteiger partial charge is 0.323 e. The van der Waals surface area contributed by atoms with Crippen LogP contribution in [0.3, 0.4) is 0 Å². The van der Waals surface area contributed by atoms with Gasteiger partial charge in [0, 0.05) is 17.1 Å². The maximum atomic E-state index is 10.9. The van der Waals surface area contributed by atoms with E-state index in [2.05, 4.69) is 26.8 Å². The molecule has 2 rings (SSSR count). The van der Waals surface area contributed by atoms with Gasteiger partial charge in [0.15, 0.2) is 0 Å². The maximum Gasteiger partial charge on any atom is 0.323 e. The zero-order valence-corrected chi connectivity index (χ0v) is 11.1. The van der Waals surface area contributed by atoms with Crippen LogP contribution in [0.4, 0.5) is 0 Å². The van der Waals surface area contributed by atoms with Crippen LogP contribution in [-0.2, 0) is 17.8 Å². The number of para-hydroxylation sites is 1. The number of hydrogen-bond donors (Lipinski definition) is 1. The third-order valence-electron chi connectivity index (χ3n) is 2.90. The van der Waals surface area contributed by atoms with Crippen LogP contribution < -0.4 is 0 Å². The van der Waals surface area contributed by atoms with Crippen molar-refractivity contribution in [3.8, 4) is 0 Å². The molecule has 0 saturated heterocycles. The fourth-order valence-corrected chi connectivity index (χ4v) is 2.31. The van der Waals surface area contributed by atoms with E-state index in [1.807, 2.05) is 29.0 Å². The number of rotatable bonds is 3. The molecule has 0 bridgehead atoms. The molecular formula is C15H19NO2. The summed E-state index contributed by atoms with van der Waals surface area (Å²) in [6.07, 6.45) is 2.92. The van der Waals surface area contributed by atoms with E-state index in [1.54, 1.807) is 0 Å². The fourth-order valence-electron chi connectivity index (χ4n) is 2.31. The predicted octanol–water partition coefficient (Wildman–Crippen LogP) is 3.31. The molecule has 0 radical (unpaired) electrons. The van der Waals surface area contributed by atoms with Gasteiger partial charge in [0.05, 0.1) is 0 Å². The third-order valence-corrected chi connectivity index (χ3v) is 2.90. The van der Waals surface area contributed by atoms with Gasteiger partial charge in [-0.2, -0.15) is 0 Å². The van der Waals surface area contributed by atoms with Gasteiger partial charge in [-0.3, -0.25) is 4.79 Å². The van der Waals surface area contributed by atoms with E-state index in [0.29, 0.717) is 0 Å². The molecule has 1 N–H and O–H groups in total. The van der Waals surface area contributed by atoms with Crippen LogP contribution in [0.2, 0.25) is 0 Å². The number of fused-ring (bicyclic) bond motifs is 1. The van der Waals surface area contributed by atoms with E-state index in [0.717, 1.165) is 17.3 Å². The standard InChI is InChI=1S/C15H19NO2/c1-15(2,3)8-11-9-16(10-14(17)18)13-7-5-4-6-12(11)13/h4-7,9H,8,10H2,1-3H3,(H,17,18). The largest absolute Gasteiger partial charge is 0.480 e. The summed E-state index contributed by atoms with van der Waals surface area (Å²) >= 11 is 0. The lowest BCUT2D eigenvalue weighted by Gasteiger charge is -2.17. The van der Waals surface area contributed by atoms with Gasteiger partial charge in [-0.15, -0.1) is 0 Å². The number of aliphatic carboxylic acids is 1. The average Bonchev–Trinajstić information content (AvgIpc) is 2.54. The molecule has 1 aromatic heterocycles. The number of nitrogens with zero attached hydrogens (tertiary/aromatic N) is 1. The molecule has 0 fully saturated rings. The van der Waals surface area contributed by atoms with E-state index < -0.39 is 5.97 Å². The van der Waals surface area contributed by atoms with Crippen LogP contribution in [0.15, 0.2) is 30.5 Å². The first kappa shape index (κ1) is 12.7. The normalized spacial score (nSPS) is 11.9. The van der Waals surface area contributed by atoms with Crippen molar-refractivity contribution >= 4 is 16.9 Å². The molecular weight excluding hydrogens is 226 g/mol. The lowest BCUT2D eigenvalue weighted by Crippen LogP contribution is -2.09. The molecule has 3 heteroatoms. The Morgan fingerprint density at radius 3 is 2.56 bits per heavy atom. The highest BCUT2D eigenvalue weighted by Gasteiger charge is 2.16. The molecule has 2 aromatic rings. The first-order chi connectivity index (χ1) is 8.37. The highest BCUT2D eigenvalue weighted by Crippen LogP contribution is 2.28. The molecule has 96 valence electrons. The third kappa shape index (κ3) is 2.73. The Kier molecular flexibility index (Phi) is 3.16. The summed E-state index contributed by atoms with van der Waals surface area (Å²) in [6, 6.07) is 7.99. The molecule has 0 unspecified atom stereocenters. The highest BCUT2D eigenvalue weighted by molar-refractivity contribution is 5.85. The van der Waals surface area contributed by atoms with E-state index in [1.165, 1.54) is 5.56 Å². The first-order valence-corrected chi connectivity index (χ1v) is 6.15. The minimum Gasteiger partial charge on any atom is -0.480 e. The summed E-state index contributed by atoms with van der Waals surface area (Å²) in [5.41, 5.74) is 2.41. The zero-order chi connectivity index (χ0) is 13.3. The van der Waals surface area contributed by atoms with Crippen LogP contribution in [0.5, 0.6) is 0 Å². The zero-order valence-electron chi connectivity index (χ0n) is 11.1. The van der Waals surface area contributed by atoms with Gasteiger partial charge in [0.25, 0.3) is 0 Å². The average molecular weight is 245 g/mol. The minimum atomic E-state index is -0.807. The van der Waals surface area contributed by atoms with Gasteiger partial charge in [0.2, 0.25) is 0 Å². The molecule has 0 atom stereocenters. The molecule has 18 heavy (non-hydrogen) atoms. The number of carboxylic acids is 1. The lowest BCUT2D eigenvalue weighted by atomic mass is 9.88. The Labute approximate surface area is 107 Å². The summed E-state index contributed by atoms with van der Waals surface area (Å²) in [4.78, 5) is 10.9. The number of benzene rings is 1. The lowest BCUT2D eigenvalue weighted by molar-refractivity contribution is -0.137. The monoisotopic (exact) mass is 245 g/mol. The molecule has 0 aliphatic rings. The highest BCUT2D eigenvalue weighted by atomic mass is 16.4. The van der Waals surface area contributed by atoms with Crippen molar-refractivity contribution < 1.29 is 9.90 Å². The number of hydrogen-bond acceptors (Lipinski definition) is 1. The SMILES string of the molecule is CC(C)(C)Cc1cn(CC(=O)O)c2ccccc12. The van der Waals surface area contributed by atoms with Crippen molar-refractivity contribution in [3.05, 3.63) is 36.0 Å². The van der Waals surface area contributed by atoms with Crippen molar-refractivity contribution in [2.45, 2.75) is 33.7 Å². The quantitative estimate of drug-likeness (QED) is 0.901. The molecule has 0 aliphatic carbocycles. The number of carbonyl (C=O) groups is 1. The summed E-state index contributed by atoms with van der Waals surface area (Å²) in [7, 11) is 0. The fraction of sp³-hybridized carbons (Fsp3) is 0.400. The van der Waals surface area contributed by atoms with Crippen LogP contribution in [0.1, 0.15) is 26.3 Å². The van der Waals surface area contributed by atoms with Crippen LogP contribution in [0.25, 0.3) is 10.9 Å². The molecule has 0 aliphatic heterocycles. The van der Waals surface area contributed by atoms with Crippen molar-refractivity contribution in [3.63, 3.8) is 0 Å². The molecule has 3 nitrogen and oxygen atoms in total. The Morgan fingerprint density at radius 1 is 1.28 bits per heavy atom. The second kappa shape index (κ2) is 4.48. The van der Waals surface area contributed by atoms with Gasteiger partial charge in [-0.05, 0) is 23.5 Å². The molecule has 1 heterocycles. The second-order valence-electron chi connectivity index (χ2n) is 5.93. The van der Waals surface area contributed by atoms with Crippen molar-refractivity contribution in [1.29, 1.82) is 0 Å². The maximum absolute atomic E-state index is 10.9. The van der Waals surface area contributed by atoms with Gasteiger partial charge in [-0.25, -0.2) is 0 Å². The minimum absolute atomic E-state index is 0.0185. The Balaban J connectivity index is 2.50. The Bertz CT molecular complexity index is 576. The van der Waals surface area contributed by atoms with E-state index >= 15 is 0 Å². The van der Waals surface area contributed by atoms with Gasteiger partial charge >= 0.3 is 5.97 Å². The van der Waals surface area contributed by atoms with Crippen molar-refractivity contribution in [2.75, 3.05) is 0 Å². The molecule has 0 spiro atoms. The van der Waals surface area contributed by atoms with Crippen LogP contribution in [0, 0.1) is 5.41 Å². The van der Waals surface area contributed by atoms with E-state index in [4.69, 9.17) is 5.11 Å². The topological polar surface area (TPSA) is 42.2 Å². The van der Waals surface area contributed by atoms with Crippen molar-refractivity contribution in [2.24, 2.45) is 5.41 Å². The van der Waals surface area contributed by atoms with Gasteiger partial charge in [-0.1, -0.05) is 39.0 Å².